The Morgan fingerprint density at radius 2 is 1.61 bits per heavy atom. The fraction of sp³-hybridized carbons (Fsp3) is 0.636. The average Bonchev–Trinajstić information content (AvgIpc) is 2.60. The van der Waals surface area contributed by atoms with Gasteiger partial charge in [0.05, 0.1) is 5.92 Å². The summed E-state index contributed by atoms with van der Waals surface area (Å²) in [4.78, 5) is 26.4. The van der Waals surface area contributed by atoms with Crippen molar-refractivity contribution in [2.75, 3.05) is 26.2 Å². The molecule has 0 aromatic heterocycles. The smallest absolute Gasteiger partial charge is 0.410 e. The summed E-state index contributed by atoms with van der Waals surface area (Å²) in [7, 11) is 0. The van der Waals surface area contributed by atoms with E-state index in [2.05, 4.69) is 31.4 Å². The number of carbonyl (C=O) groups is 2. The summed E-state index contributed by atoms with van der Waals surface area (Å²) < 4.78 is 5.40. The van der Waals surface area contributed by atoms with E-state index in [-0.39, 0.29) is 17.9 Å². The number of rotatable bonds is 5. The summed E-state index contributed by atoms with van der Waals surface area (Å²) in [6.07, 6.45) is 0.747. The van der Waals surface area contributed by atoms with E-state index in [0.29, 0.717) is 32.1 Å². The SMILES string of the molecule is CC(C)Cc1ccc(C(C)C(=O)NN2CCN(C(=O)OC(C)(C)C)CC2)cc1. The molecular formula is C22H35N3O3. The molecule has 0 bridgehead atoms. The average molecular weight is 390 g/mol. The van der Waals surface area contributed by atoms with Crippen molar-refractivity contribution in [1.29, 1.82) is 0 Å². The molecule has 1 heterocycles. The molecule has 1 saturated heterocycles. The van der Waals surface area contributed by atoms with Crippen LogP contribution in [0.3, 0.4) is 0 Å². The van der Waals surface area contributed by atoms with Gasteiger partial charge in [-0.25, -0.2) is 9.80 Å². The van der Waals surface area contributed by atoms with E-state index in [1.807, 2.05) is 44.8 Å². The highest BCUT2D eigenvalue weighted by Crippen LogP contribution is 2.18. The number of hydrogen-bond donors (Lipinski definition) is 1. The third-order valence-electron chi connectivity index (χ3n) is 4.72. The minimum Gasteiger partial charge on any atom is -0.444 e. The van der Waals surface area contributed by atoms with Gasteiger partial charge >= 0.3 is 6.09 Å². The first-order valence-electron chi connectivity index (χ1n) is 10.2. The lowest BCUT2D eigenvalue weighted by Crippen LogP contribution is -2.55. The number of hydrogen-bond acceptors (Lipinski definition) is 4. The highest BCUT2D eigenvalue weighted by Gasteiger charge is 2.27. The molecule has 1 aliphatic heterocycles. The molecule has 1 N–H and O–H groups in total. The number of nitrogens with one attached hydrogen (secondary N) is 1. The first kappa shape index (κ1) is 22.2. The topological polar surface area (TPSA) is 61.9 Å². The molecule has 1 aliphatic rings. The maximum Gasteiger partial charge on any atom is 0.410 e. The maximum atomic E-state index is 12.6. The molecule has 2 rings (SSSR count). The van der Waals surface area contributed by atoms with Crippen LogP contribution >= 0.6 is 0 Å². The Bertz CT molecular complexity index is 657. The third-order valence-corrected chi connectivity index (χ3v) is 4.72. The van der Waals surface area contributed by atoms with Crippen molar-refractivity contribution in [3.63, 3.8) is 0 Å². The minimum atomic E-state index is -0.497. The summed E-state index contributed by atoms with van der Waals surface area (Å²) in [6.45, 7) is 14.1. The van der Waals surface area contributed by atoms with Crippen molar-refractivity contribution in [1.82, 2.24) is 15.3 Å². The molecule has 1 aromatic rings. The summed E-state index contributed by atoms with van der Waals surface area (Å²) in [5.74, 6) is 0.366. The van der Waals surface area contributed by atoms with Gasteiger partial charge in [0.2, 0.25) is 5.91 Å². The lowest BCUT2D eigenvalue weighted by atomic mass is 9.96. The Morgan fingerprint density at radius 1 is 1.04 bits per heavy atom. The maximum absolute atomic E-state index is 12.6. The van der Waals surface area contributed by atoms with Crippen LogP contribution in [0.2, 0.25) is 0 Å². The lowest BCUT2D eigenvalue weighted by Gasteiger charge is -2.35. The van der Waals surface area contributed by atoms with Crippen molar-refractivity contribution in [2.45, 2.75) is 59.5 Å². The van der Waals surface area contributed by atoms with Crippen LogP contribution in [0.25, 0.3) is 0 Å². The van der Waals surface area contributed by atoms with Gasteiger partial charge in [0.1, 0.15) is 5.60 Å². The van der Waals surface area contributed by atoms with Crippen LogP contribution in [0.5, 0.6) is 0 Å². The molecule has 156 valence electrons. The van der Waals surface area contributed by atoms with Gasteiger partial charge in [-0.15, -0.1) is 0 Å². The Labute approximate surface area is 169 Å². The fourth-order valence-corrected chi connectivity index (χ4v) is 3.15. The number of amides is 2. The second-order valence-electron chi connectivity index (χ2n) is 8.99. The largest absolute Gasteiger partial charge is 0.444 e. The molecule has 1 unspecified atom stereocenters. The summed E-state index contributed by atoms with van der Waals surface area (Å²) in [5, 5.41) is 1.88. The van der Waals surface area contributed by atoms with Gasteiger partial charge in [-0.05, 0) is 51.2 Å². The van der Waals surface area contributed by atoms with Gasteiger partial charge < -0.3 is 9.64 Å². The van der Waals surface area contributed by atoms with Crippen molar-refractivity contribution in [3.8, 4) is 0 Å². The molecule has 6 nitrogen and oxygen atoms in total. The zero-order valence-corrected chi connectivity index (χ0v) is 18.1. The lowest BCUT2D eigenvalue weighted by molar-refractivity contribution is -0.127. The first-order valence-corrected chi connectivity index (χ1v) is 10.2. The van der Waals surface area contributed by atoms with Crippen molar-refractivity contribution >= 4 is 12.0 Å². The molecule has 0 aliphatic carbocycles. The van der Waals surface area contributed by atoms with E-state index in [1.54, 1.807) is 4.90 Å². The van der Waals surface area contributed by atoms with E-state index in [4.69, 9.17) is 4.74 Å². The van der Waals surface area contributed by atoms with Crippen LogP contribution < -0.4 is 5.43 Å². The monoisotopic (exact) mass is 389 g/mol. The van der Waals surface area contributed by atoms with E-state index >= 15 is 0 Å². The number of carbonyl (C=O) groups excluding carboxylic acids is 2. The summed E-state index contributed by atoms with van der Waals surface area (Å²) in [5.41, 5.74) is 4.80. The van der Waals surface area contributed by atoms with Crippen LogP contribution in [-0.2, 0) is 16.0 Å². The van der Waals surface area contributed by atoms with Crippen LogP contribution in [0.4, 0.5) is 4.79 Å². The van der Waals surface area contributed by atoms with E-state index < -0.39 is 5.60 Å². The Hall–Kier alpha value is -2.08. The van der Waals surface area contributed by atoms with E-state index in [9.17, 15) is 9.59 Å². The number of benzene rings is 1. The van der Waals surface area contributed by atoms with Gasteiger partial charge in [0, 0.05) is 26.2 Å². The molecular weight excluding hydrogens is 354 g/mol. The van der Waals surface area contributed by atoms with E-state index in [0.717, 1.165) is 12.0 Å². The minimum absolute atomic E-state index is 0.0256. The van der Waals surface area contributed by atoms with Crippen molar-refractivity contribution < 1.29 is 14.3 Å². The second-order valence-corrected chi connectivity index (χ2v) is 8.99. The van der Waals surface area contributed by atoms with Crippen LogP contribution in [0.1, 0.15) is 58.6 Å². The van der Waals surface area contributed by atoms with Gasteiger partial charge in [-0.3, -0.25) is 10.2 Å². The molecule has 0 radical (unpaired) electrons. The molecule has 2 amide bonds. The van der Waals surface area contributed by atoms with Crippen LogP contribution in [-0.4, -0.2) is 53.7 Å². The molecule has 0 saturated carbocycles. The summed E-state index contributed by atoms with van der Waals surface area (Å²) >= 11 is 0. The Morgan fingerprint density at radius 3 is 2.11 bits per heavy atom. The first-order chi connectivity index (χ1) is 13.0. The molecule has 0 spiro atoms. The normalized spacial score (nSPS) is 16.8. The number of ether oxygens (including phenoxy) is 1. The number of hydrazine groups is 1. The standard InChI is InChI=1S/C22H35N3O3/c1-16(2)15-18-7-9-19(10-8-18)17(3)20(26)23-25-13-11-24(12-14-25)21(27)28-22(4,5)6/h7-10,16-17H,11-15H2,1-6H3,(H,23,26). The highest BCUT2D eigenvalue weighted by atomic mass is 16.6. The number of nitrogens with zero attached hydrogens (tertiary/aromatic N) is 2. The number of piperazine rings is 1. The van der Waals surface area contributed by atoms with Crippen LogP contribution in [0, 0.1) is 5.92 Å². The quantitative estimate of drug-likeness (QED) is 0.836. The van der Waals surface area contributed by atoms with Crippen molar-refractivity contribution in [3.05, 3.63) is 35.4 Å². The molecule has 28 heavy (non-hydrogen) atoms. The molecule has 6 heteroatoms. The molecule has 1 fully saturated rings. The highest BCUT2D eigenvalue weighted by molar-refractivity contribution is 5.82. The zero-order chi connectivity index (χ0) is 20.9. The molecule has 1 atom stereocenters. The van der Waals surface area contributed by atoms with Gasteiger partial charge in [-0.1, -0.05) is 38.1 Å². The van der Waals surface area contributed by atoms with Gasteiger partial charge in [0.25, 0.3) is 0 Å². The van der Waals surface area contributed by atoms with Gasteiger partial charge in [0.15, 0.2) is 0 Å². The predicted octanol–water partition coefficient (Wildman–Crippen LogP) is 3.57. The Balaban J connectivity index is 1.82. The zero-order valence-electron chi connectivity index (χ0n) is 18.1. The van der Waals surface area contributed by atoms with Crippen molar-refractivity contribution in [2.24, 2.45) is 5.92 Å². The summed E-state index contributed by atoms with van der Waals surface area (Å²) in [6, 6.07) is 8.31. The van der Waals surface area contributed by atoms with Gasteiger partial charge in [-0.2, -0.15) is 0 Å². The van der Waals surface area contributed by atoms with E-state index in [1.165, 1.54) is 5.56 Å². The second kappa shape index (κ2) is 9.41. The third kappa shape index (κ3) is 6.82. The molecule has 1 aromatic carbocycles. The predicted molar refractivity (Wildman–Crippen MR) is 111 cm³/mol. The Kier molecular flexibility index (Phi) is 7.47. The fourth-order valence-electron chi connectivity index (χ4n) is 3.15. The van der Waals surface area contributed by atoms with Crippen LogP contribution in [0.15, 0.2) is 24.3 Å².